The zero-order chi connectivity index (χ0) is 16.9. The second-order valence-corrected chi connectivity index (χ2v) is 8.01. The Morgan fingerprint density at radius 2 is 1.70 bits per heavy atom. The van der Waals surface area contributed by atoms with Crippen LogP contribution in [0.4, 0.5) is 0 Å². The summed E-state index contributed by atoms with van der Waals surface area (Å²) in [5.41, 5.74) is 0.858. The van der Waals surface area contributed by atoms with Gasteiger partial charge in [-0.05, 0) is 29.8 Å². The monoisotopic (exact) mass is 435 g/mol. The molecule has 0 aliphatic rings. The molecule has 0 heterocycles. The Bertz CT molecular complexity index is 645. The van der Waals surface area contributed by atoms with Gasteiger partial charge in [0.05, 0.1) is 6.42 Å². The fourth-order valence-electron chi connectivity index (χ4n) is 1.81. The van der Waals surface area contributed by atoms with Crippen LogP contribution in [0.3, 0.4) is 0 Å². The number of carbonyl (C=O) groups excluding carboxylic acids is 1. The van der Waals surface area contributed by atoms with E-state index >= 15 is 0 Å². The van der Waals surface area contributed by atoms with Gasteiger partial charge in [-0.2, -0.15) is 0 Å². The van der Waals surface area contributed by atoms with Crippen LogP contribution in [0.25, 0.3) is 0 Å². The first-order valence-corrected chi connectivity index (χ1v) is 8.59. The van der Waals surface area contributed by atoms with Crippen LogP contribution in [-0.2, 0) is 11.2 Å². The highest BCUT2D eigenvalue weighted by Crippen LogP contribution is 2.32. The lowest BCUT2D eigenvalue weighted by molar-refractivity contribution is -0.122. The van der Waals surface area contributed by atoms with Crippen LogP contribution in [0.15, 0.2) is 59.1 Å². The molecule has 2 aromatic carbocycles. The van der Waals surface area contributed by atoms with Crippen molar-refractivity contribution < 1.29 is 9.53 Å². The van der Waals surface area contributed by atoms with Gasteiger partial charge in [-0.25, -0.2) is 0 Å². The average molecular weight is 438 g/mol. The maximum Gasteiger partial charge on any atom is 0.246 e. The van der Waals surface area contributed by atoms with Crippen molar-refractivity contribution in [3.05, 3.63) is 64.6 Å². The number of carbonyl (C=O) groups is 1. The molecule has 2 aromatic rings. The summed E-state index contributed by atoms with van der Waals surface area (Å²) in [5.74, 6) is 0.175. The first-order chi connectivity index (χ1) is 10.8. The maximum absolute atomic E-state index is 12.1. The summed E-state index contributed by atoms with van der Waals surface area (Å²) >= 11 is 21.1. The molecule has 0 aromatic heterocycles. The minimum atomic E-state index is -1.81. The number of ether oxygens (including phenoxy) is 1. The lowest BCUT2D eigenvalue weighted by atomic mass is 10.1. The van der Waals surface area contributed by atoms with Gasteiger partial charge in [-0.15, -0.1) is 0 Å². The summed E-state index contributed by atoms with van der Waals surface area (Å²) in [6.45, 7) is 0. The van der Waals surface area contributed by atoms with Gasteiger partial charge >= 0.3 is 0 Å². The Kier molecular flexibility index (Phi) is 6.60. The summed E-state index contributed by atoms with van der Waals surface area (Å²) < 4.78 is 4.68. The first kappa shape index (κ1) is 18.4. The molecule has 122 valence electrons. The minimum Gasteiger partial charge on any atom is -0.466 e. The molecule has 2 rings (SSSR count). The second kappa shape index (κ2) is 8.25. The van der Waals surface area contributed by atoms with Crippen molar-refractivity contribution in [1.29, 1.82) is 0 Å². The largest absolute Gasteiger partial charge is 0.466 e. The maximum atomic E-state index is 12.1. The molecule has 0 saturated carbocycles. The van der Waals surface area contributed by atoms with Crippen LogP contribution in [0.5, 0.6) is 5.75 Å². The number of halogens is 4. The Hall–Kier alpha value is -0.940. The van der Waals surface area contributed by atoms with E-state index in [2.05, 4.69) is 21.2 Å². The average Bonchev–Trinajstić information content (AvgIpc) is 2.49. The molecule has 23 heavy (non-hydrogen) atoms. The number of hydrogen-bond acceptors (Lipinski definition) is 2. The van der Waals surface area contributed by atoms with Gasteiger partial charge in [0.15, 0.2) is 0 Å². The molecule has 0 bridgehead atoms. The molecule has 3 nitrogen and oxygen atoms in total. The van der Waals surface area contributed by atoms with Crippen molar-refractivity contribution in [3.63, 3.8) is 0 Å². The summed E-state index contributed by atoms with van der Waals surface area (Å²) in [4.78, 5) is 12.1. The van der Waals surface area contributed by atoms with E-state index in [1.807, 2.05) is 30.3 Å². The number of nitrogens with one attached hydrogen (secondary N) is 1. The highest BCUT2D eigenvalue weighted by Gasteiger charge is 2.36. The van der Waals surface area contributed by atoms with Crippen molar-refractivity contribution in [2.45, 2.75) is 16.4 Å². The first-order valence-electron chi connectivity index (χ1n) is 6.67. The van der Waals surface area contributed by atoms with Gasteiger partial charge in [-0.1, -0.05) is 81.1 Å². The standard InChI is InChI=1S/C16H13BrCl3NO2/c17-12-6-8-13(9-7-12)23-15(16(18,19)20)21-14(22)10-11-4-2-1-3-5-11/h1-9,15H,10H2,(H,21,22). The molecule has 0 saturated heterocycles. The van der Waals surface area contributed by atoms with Crippen LogP contribution in [0.2, 0.25) is 0 Å². The zero-order valence-electron chi connectivity index (χ0n) is 11.8. The third-order valence-electron chi connectivity index (χ3n) is 2.86. The number of hydrogen-bond donors (Lipinski definition) is 1. The number of rotatable bonds is 5. The van der Waals surface area contributed by atoms with Crippen LogP contribution in [0, 0.1) is 0 Å². The van der Waals surface area contributed by atoms with Crippen molar-refractivity contribution >= 4 is 56.6 Å². The van der Waals surface area contributed by atoms with E-state index < -0.39 is 10.0 Å². The summed E-state index contributed by atoms with van der Waals surface area (Å²) in [5, 5.41) is 2.60. The number of benzene rings is 2. The van der Waals surface area contributed by atoms with E-state index in [4.69, 9.17) is 39.5 Å². The van der Waals surface area contributed by atoms with E-state index in [0.717, 1.165) is 10.0 Å². The molecular weight excluding hydrogens is 424 g/mol. The quantitative estimate of drug-likeness (QED) is 0.535. The topological polar surface area (TPSA) is 38.3 Å². The number of amides is 1. The lowest BCUT2D eigenvalue weighted by Crippen LogP contribution is -2.48. The lowest BCUT2D eigenvalue weighted by Gasteiger charge is -2.26. The van der Waals surface area contributed by atoms with Crippen LogP contribution in [-0.4, -0.2) is 15.9 Å². The SMILES string of the molecule is O=C(Cc1ccccc1)NC(Oc1ccc(Br)cc1)C(Cl)(Cl)Cl. The van der Waals surface area contributed by atoms with E-state index in [0.29, 0.717) is 5.75 Å². The molecule has 0 radical (unpaired) electrons. The van der Waals surface area contributed by atoms with Crippen molar-refractivity contribution in [2.75, 3.05) is 0 Å². The van der Waals surface area contributed by atoms with Gasteiger partial charge in [0.25, 0.3) is 0 Å². The summed E-state index contributed by atoms with van der Waals surface area (Å²) in [6, 6.07) is 16.3. The third-order valence-corrected chi connectivity index (χ3v) is 3.99. The summed E-state index contributed by atoms with van der Waals surface area (Å²) in [7, 11) is 0. The van der Waals surface area contributed by atoms with Crippen molar-refractivity contribution in [2.24, 2.45) is 0 Å². The predicted molar refractivity (Wildman–Crippen MR) is 97.1 cm³/mol. The van der Waals surface area contributed by atoms with E-state index in [1.54, 1.807) is 24.3 Å². The van der Waals surface area contributed by atoms with E-state index in [1.165, 1.54) is 0 Å². The molecule has 1 N–H and O–H groups in total. The van der Waals surface area contributed by atoms with Gasteiger partial charge in [-0.3, -0.25) is 4.79 Å². The molecule has 1 amide bonds. The fraction of sp³-hybridized carbons (Fsp3) is 0.188. The Labute approximate surface area is 158 Å². The summed E-state index contributed by atoms with van der Waals surface area (Å²) in [6.07, 6.45) is -0.938. The zero-order valence-corrected chi connectivity index (χ0v) is 15.7. The third kappa shape index (κ3) is 6.22. The smallest absolute Gasteiger partial charge is 0.246 e. The predicted octanol–water partition coefficient (Wildman–Crippen LogP) is 4.88. The van der Waals surface area contributed by atoms with Gasteiger partial charge in [0, 0.05) is 4.47 Å². The van der Waals surface area contributed by atoms with Crippen molar-refractivity contribution in [1.82, 2.24) is 5.32 Å². The van der Waals surface area contributed by atoms with Gasteiger partial charge in [0.1, 0.15) is 5.75 Å². The number of alkyl halides is 3. The Morgan fingerprint density at radius 3 is 2.26 bits per heavy atom. The van der Waals surface area contributed by atoms with E-state index in [-0.39, 0.29) is 12.3 Å². The fourth-order valence-corrected chi connectivity index (χ4v) is 2.37. The molecule has 7 heteroatoms. The normalized spacial score (nSPS) is 12.5. The second-order valence-electron chi connectivity index (χ2n) is 4.72. The molecular formula is C16H13BrCl3NO2. The van der Waals surface area contributed by atoms with Crippen LogP contribution < -0.4 is 10.1 Å². The Morgan fingerprint density at radius 1 is 1.09 bits per heavy atom. The van der Waals surface area contributed by atoms with E-state index in [9.17, 15) is 4.79 Å². The van der Waals surface area contributed by atoms with Gasteiger partial charge in [0.2, 0.25) is 15.9 Å². The highest BCUT2D eigenvalue weighted by atomic mass is 79.9. The van der Waals surface area contributed by atoms with Crippen molar-refractivity contribution in [3.8, 4) is 5.75 Å². The highest BCUT2D eigenvalue weighted by molar-refractivity contribution is 9.10. The molecule has 1 atom stereocenters. The molecule has 0 aliphatic heterocycles. The van der Waals surface area contributed by atoms with Crippen LogP contribution in [0.1, 0.15) is 5.56 Å². The molecule has 0 fully saturated rings. The molecule has 0 aliphatic carbocycles. The van der Waals surface area contributed by atoms with Crippen LogP contribution >= 0.6 is 50.7 Å². The van der Waals surface area contributed by atoms with Gasteiger partial charge < -0.3 is 10.1 Å². The molecule has 1 unspecified atom stereocenters. The Balaban J connectivity index is 2.04. The molecule has 0 spiro atoms. The minimum absolute atomic E-state index is 0.168.